The Hall–Kier alpha value is -2.81. The highest BCUT2D eigenvalue weighted by Gasteiger charge is 2.35. The van der Waals surface area contributed by atoms with E-state index in [4.69, 9.17) is 9.47 Å². The standard InChI is InChI=1S/C33H44O3/c1-30(2,3)23-17-21(13-14-22-15-16-27(34)36-22)18-24(31(4,5)6)28(23)29-25(32(7,8)9)19-35-20-26(29)33(10,11)12/h13-20H,1-12H3/b22-14+. The SMILES string of the molecule is CC(C)(C)C1=COC=C(C(C)(C)C)C1=c1c(C(C)(C)C)cc(=C/C=C2\C=CC(=O)O2)cc1C(C)(C)C. The number of carbonyl (C=O) groups excluding carboxylic acids is 1. The number of hydrogen-bond acceptors (Lipinski definition) is 3. The van der Waals surface area contributed by atoms with E-state index in [1.807, 2.05) is 24.7 Å². The summed E-state index contributed by atoms with van der Waals surface area (Å²) < 4.78 is 11.2. The van der Waals surface area contributed by atoms with E-state index < -0.39 is 0 Å². The molecule has 36 heavy (non-hydrogen) atoms. The maximum Gasteiger partial charge on any atom is 0.336 e. The van der Waals surface area contributed by atoms with Crippen molar-refractivity contribution >= 4 is 17.6 Å². The van der Waals surface area contributed by atoms with Crippen molar-refractivity contribution < 1.29 is 14.3 Å². The highest BCUT2D eigenvalue weighted by Crippen LogP contribution is 2.44. The first-order valence-electron chi connectivity index (χ1n) is 12.9. The summed E-state index contributed by atoms with van der Waals surface area (Å²) in [6, 6.07) is 4.59. The zero-order chi connectivity index (χ0) is 27.3. The van der Waals surface area contributed by atoms with E-state index in [1.54, 1.807) is 6.08 Å². The van der Waals surface area contributed by atoms with Crippen molar-refractivity contribution in [1.82, 2.24) is 0 Å². The van der Waals surface area contributed by atoms with Gasteiger partial charge in [-0.05, 0) is 60.9 Å². The van der Waals surface area contributed by atoms with Gasteiger partial charge in [-0.1, -0.05) is 101 Å². The molecule has 0 fully saturated rings. The molecule has 0 atom stereocenters. The third-order valence-electron chi connectivity index (χ3n) is 6.60. The van der Waals surface area contributed by atoms with Crippen LogP contribution in [0.3, 0.4) is 0 Å². The third kappa shape index (κ3) is 5.94. The van der Waals surface area contributed by atoms with Gasteiger partial charge in [-0.3, -0.25) is 0 Å². The van der Waals surface area contributed by atoms with Gasteiger partial charge in [0.05, 0.1) is 12.5 Å². The molecular weight excluding hydrogens is 444 g/mol. The van der Waals surface area contributed by atoms with Crippen molar-refractivity contribution in [3.8, 4) is 0 Å². The van der Waals surface area contributed by atoms with Gasteiger partial charge in [0.2, 0.25) is 0 Å². The van der Waals surface area contributed by atoms with Gasteiger partial charge in [-0.15, -0.1) is 0 Å². The number of cyclic esters (lactones) is 1. The normalized spacial score (nSPS) is 18.2. The molecule has 0 amide bonds. The maximum absolute atomic E-state index is 11.5. The van der Waals surface area contributed by atoms with Gasteiger partial charge in [-0.25, -0.2) is 4.79 Å². The van der Waals surface area contributed by atoms with Crippen molar-refractivity contribution in [3.63, 3.8) is 0 Å². The minimum Gasteiger partial charge on any atom is -0.472 e. The molecule has 2 aliphatic rings. The fourth-order valence-electron chi connectivity index (χ4n) is 4.62. The van der Waals surface area contributed by atoms with Crippen LogP contribution in [0.15, 0.2) is 59.8 Å². The third-order valence-corrected chi connectivity index (χ3v) is 6.60. The number of ether oxygens (including phenoxy) is 2. The molecule has 1 aromatic rings. The molecule has 0 spiro atoms. The van der Waals surface area contributed by atoms with Crippen LogP contribution in [0.4, 0.5) is 0 Å². The van der Waals surface area contributed by atoms with E-state index in [2.05, 4.69) is 95.2 Å². The lowest BCUT2D eigenvalue weighted by molar-refractivity contribution is -0.132. The molecule has 0 N–H and O–H groups in total. The van der Waals surface area contributed by atoms with Gasteiger partial charge < -0.3 is 9.47 Å². The Morgan fingerprint density at radius 2 is 1.11 bits per heavy atom. The maximum atomic E-state index is 11.5. The Labute approximate surface area is 218 Å². The minimum atomic E-state index is -0.324. The Balaban J connectivity index is 2.57. The predicted octanol–water partition coefficient (Wildman–Crippen LogP) is 7.10. The molecule has 3 heteroatoms. The van der Waals surface area contributed by atoms with Crippen molar-refractivity contribution in [2.75, 3.05) is 0 Å². The van der Waals surface area contributed by atoms with Crippen molar-refractivity contribution in [2.45, 2.75) is 93.9 Å². The highest BCUT2D eigenvalue weighted by molar-refractivity contribution is 5.86. The first-order chi connectivity index (χ1) is 16.3. The van der Waals surface area contributed by atoms with Crippen molar-refractivity contribution in [3.05, 3.63) is 81.4 Å². The van der Waals surface area contributed by atoms with Crippen LogP contribution < -0.4 is 10.4 Å². The quantitative estimate of drug-likeness (QED) is 0.396. The average molecular weight is 489 g/mol. The van der Waals surface area contributed by atoms with E-state index in [1.165, 1.54) is 39.1 Å². The molecule has 0 bridgehead atoms. The van der Waals surface area contributed by atoms with Crippen molar-refractivity contribution in [1.29, 1.82) is 0 Å². The van der Waals surface area contributed by atoms with E-state index >= 15 is 0 Å². The van der Waals surface area contributed by atoms with Gasteiger partial charge in [0, 0.05) is 17.2 Å². The molecule has 0 unspecified atom stereocenters. The fraction of sp³-hybridized carbons (Fsp3) is 0.485. The summed E-state index contributed by atoms with van der Waals surface area (Å²) in [6.45, 7) is 27.2. The number of allylic oxidation sites excluding steroid dienone is 4. The molecule has 1 aromatic carbocycles. The van der Waals surface area contributed by atoms with Gasteiger partial charge in [0.25, 0.3) is 0 Å². The largest absolute Gasteiger partial charge is 0.472 e. The van der Waals surface area contributed by atoms with Gasteiger partial charge in [0.1, 0.15) is 5.76 Å². The molecular formula is C33H44O3. The lowest BCUT2D eigenvalue weighted by Crippen LogP contribution is -2.38. The summed E-state index contributed by atoms with van der Waals surface area (Å²) in [5, 5.41) is 2.39. The summed E-state index contributed by atoms with van der Waals surface area (Å²) in [6.07, 6.45) is 11.0. The molecule has 0 radical (unpaired) electrons. The van der Waals surface area contributed by atoms with Crippen LogP contribution in [0.1, 0.15) is 94.2 Å². The second-order valence-electron chi connectivity index (χ2n) is 14.1. The molecule has 3 rings (SSSR count). The lowest BCUT2D eigenvalue weighted by atomic mass is 9.69. The molecule has 0 saturated heterocycles. The number of carbonyl (C=O) groups is 1. The Morgan fingerprint density at radius 3 is 1.47 bits per heavy atom. The van der Waals surface area contributed by atoms with Gasteiger partial charge in [-0.2, -0.15) is 0 Å². The number of rotatable bonds is 1. The number of hydrogen-bond donors (Lipinski definition) is 0. The lowest BCUT2D eigenvalue weighted by Gasteiger charge is -2.37. The zero-order valence-corrected chi connectivity index (χ0v) is 24.3. The molecule has 3 nitrogen and oxygen atoms in total. The molecule has 194 valence electrons. The second kappa shape index (κ2) is 9.25. The van der Waals surface area contributed by atoms with Crippen LogP contribution >= 0.6 is 0 Å². The van der Waals surface area contributed by atoms with Crippen LogP contribution in [-0.4, -0.2) is 5.97 Å². The number of benzene rings is 1. The van der Waals surface area contributed by atoms with Crippen LogP contribution in [0, 0.1) is 10.8 Å². The minimum absolute atomic E-state index is 0.0989. The zero-order valence-electron chi connectivity index (χ0n) is 24.3. The topological polar surface area (TPSA) is 35.5 Å². The summed E-state index contributed by atoms with van der Waals surface area (Å²) in [7, 11) is 0. The molecule has 0 aromatic heterocycles. The van der Waals surface area contributed by atoms with E-state index in [9.17, 15) is 4.79 Å². The van der Waals surface area contributed by atoms with Gasteiger partial charge >= 0.3 is 5.97 Å². The monoisotopic (exact) mass is 488 g/mol. The average Bonchev–Trinajstić information content (AvgIpc) is 3.13. The summed E-state index contributed by atoms with van der Waals surface area (Å²) in [5.74, 6) is 0.239. The van der Waals surface area contributed by atoms with E-state index in [-0.39, 0.29) is 27.6 Å². The molecule has 0 aliphatic carbocycles. The van der Waals surface area contributed by atoms with Crippen LogP contribution in [0.25, 0.3) is 11.6 Å². The van der Waals surface area contributed by atoms with E-state index in [0.717, 1.165) is 5.22 Å². The predicted molar refractivity (Wildman–Crippen MR) is 150 cm³/mol. The Morgan fingerprint density at radius 1 is 0.639 bits per heavy atom. The summed E-state index contributed by atoms with van der Waals surface area (Å²) in [4.78, 5) is 11.5. The van der Waals surface area contributed by atoms with Gasteiger partial charge in [0.15, 0.2) is 0 Å². The molecule has 2 aliphatic heterocycles. The number of esters is 1. The fourth-order valence-corrected chi connectivity index (χ4v) is 4.62. The van der Waals surface area contributed by atoms with Crippen LogP contribution in [0.2, 0.25) is 0 Å². The van der Waals surface area contributed by atoms with Crippen LogP contribution in [0.5, 0.6) is 0 Å². The molecule has 2 heterocycles. The molecule has 0 saturated carbocycles. The summed E-state index contributed by atoms with van der Waals surface area (Å²) >= 11 is 0. The Bertz CT molecular complexity index is 1230. The highest BCUT2D eigenvalue weighted by atomic mass is 16.5. The van der Waals surface area contributed by atoms with Crippen molar-refractivity contribution in [2.24, 2.45) is 10.8 Å². The summed E-state index contributed by atoms with van der Waals surface area (Å²) in [5.41, 5.74) is 5.89. The Kier molecular flexibility index (Phi) is 7.13. The first kappa shape index (κ1) is 27.8. The van der Waals surface area contributed by atoms with E-state index in [0.29, 0.717) is 5.76 Å². The first-order valence-corrected chi connectivity index (χ1v) is 12.9. The smallest absolute Gasteiger partial charge is 0.336 e. The van der Waals surface area contributed by atoms with Crippen LogP contribution in [-0.2, 0) is 25.1 Å². The second-order valence-corrected chi connectivity index (χ2v) is 14.1.